The Morgan fingerprint density at radius 3 is 2.82 bits per heavy atom. The number of hydrogen-bond acceptors (Lipinski definition) is 3. The first-order chi connectivity index (χ1) is 10.6. The summed E-state index contributed by atoms with van der Waals surface area (Å²) in [5.74, 6) is 0. The molecule has 0 radical (unpaired) electrons. The van der Waals surface area contributed by atoms with E-state index in [9.17, 15) is 9.90 Å². The number of carbonyl (C=O) groups is 1. The molecule has 3 N–H and O–H groups in total. The number of nitrogens with one attached hydrogen (secondary N) is 2. The summed E-state index contributed by atoms with van der Waals surface area (Å²) in [5, 5.41) is 16.1. The van der Waals surface area contributed by atoms with Crippen molar-refractivity contribution in [2.75, 3.05) is 13.7 Å². The molecule has 0 spiro atoms. The average molecular weight is 327 g/mol. The molecule has 5 nitrogen and oxygen atoms in total. The van der Waals surface area contributed by atoms with Gasteiger partial charge < -0.3 is 20.5 Å². The van der Waals surface area contributed by atoms with Crippen LogP contribution in [0.4, 0.5) is 4.79 Å². The molecular formula is C16H23ClN2O3. The Balaban J connectivity index is 1.85. The second kappa shape index (κ2) is 8.36. The van der Waals surface area contributed by atoms with Crippen molar-refractivity contribution in [2.24, 2.45) is 0 Å². The minimum Gasteiger partial charge on any atom is -0.391 e. The lowest BCUT2D eigenvalue weighted by atomic mass is 9.93. The molecule has 1 saturated carbocycles. The highest BCUT2D eigenvalue weighted by molar-refractivity contribution is 6.31. The van der Waals surface area contributed by atoms with Crippen molar-refractivity contribution < 1.29 is 14.6 Å². The number of ether oxygens (including phenoxy) is 1. The van der Waals surface area contributed by atoms with Gasteiger partial charge in [-0.25, -0.2) is 4.79 Å². The number of methoxy groups -OCH3 is 1. The zero-order chi connectivity index (χ0) is 15.9. The van der Waals surface area contributed by atoms with Crippen LogP contribution in [-0.2, 0) is 4.74 Å². The van der Waals surface area contributed by atoms with Crippen LogP contribution in [-0.4, -0.2) is 36.9 Å². The zero-order valence-corrected chi connectivity index (χ0v) is 13.5. The molecule has 1 aliphatic carbocycles. The van der Waals surface area contributed by atoms with E-state index < -0.39 is 6.10 Å². The molecule has 1 aromatic carbocycles. The number of aliphatic hydroxyl groups excluding tert-OH is 1. The predicted molar refractivity (Wildman–Crippen MR) is 86.0 cm³/mol. The minimum atomic E-state index is -0.457. The first-order valence-electron chi connectivity index (χ1n) is 7.61. The maximum Gasteiger partial charge on any atom is 0.315 e. The normalized spacial score (nSPS) is 22.9. The molecule has 22 heavy (non-hydrogen) atoms. The summed E-state index contributed by atoms with van der Waals surface area (Å²) in [4.78, 5) is 12.0. The standard InChI is InChI=1S/C16H23ClN2O3/c1-22-15(11-6-2-3-7-12(11)17)10-18-16(21)19-13-8-4-5-9-14(13)20/h2-3,6-7,13-15,20H,4-5,8-10H2,1H3,(H2,18,19,21). The Hall–Kier alpha value is -1.30. The quantitative estimate of drug-likeness (QED) is 0.779. The topological polar surface area (TPSA) is 70.6 Å². The van der Waals surface area contributed by atoms with E-state index in [1.165, 1.54) is 0 Å². The van der Waals surface area contributed by atoms with E-state index in [2.05, 4.69) is 10.6 Å². The van der Waals surface area contributed by atoms with Crippen LogP contribution in [0, 0.1) is 0 Å². The van der Waals surface area contributed by atoms with Gasteiger partial charge in [0.25, 0.3) is 0 Å². The monoisotopic (exact) mass is 326 g/mol. The van der Waals surface area contributed by atoms with Gasteiger partial charge in [-0.1, -0.05) is 42.6 Å². The van der Waals surface area contributed by atoms with Crippen LogP contribution in [0.15, 0.2) is 24.3 Å². The molecule has 0 aromatic heterocycles. The van der Waals surface area contributed by atoms with Gasteiger partial charge in [0.05, 0.1) is 12.1 Å². The van der Waals surface area contributed by atoms with Crippen molar-refractivity contribution in [1.29, 1.82) is 0 Å². The van der Waals surface area contributed by atoms with Crippen molar-refractivity contribution in [1.82, 2.24) is 10.6 Å². The summed E-state index contributed by atoms with van der Waals surface area (Å²) >= 11 is 6.15. The van der Waals surface area contributed by atoms with Gasteiger partial charge in [0.2, 0.25) is 0 Å². The summed E-state index contributed by atoms with van der Waals surface area (Å²) < 4.78 is 5.40. The van der Waals surface area contributed by atoms with Crippen LogP contribution >= 0.6 is 11.6 Å². The molecule has 1 aliphatic rings. The second-order valence-electron chi connectivity index (χ2n) is 5.56. The van der Waals surface area contributed by atoms with Gasteiger partial charge in [-0.2, -0.15) is 0 Å². The van der Waals surface area contributed by atoms with E-state index in [-0.39, 0.29) is 18.2 Å². The molecule has 3 atom stereocenters. The first-order valence-corrected chi connectivity index (χ1v) is 7.99. The number of rotatable bonds is 5. The third kappa shape index (κ3) is 4.60. The van der Waals surface area contributed by atoms with Crippen molar-refractivity contribution in [3.63, 3.8) is 0 Å². The maximum atomic E-state index is 12.0. The SMILES string of the molecule is COC(CNC(=O)NC1CCCCC1O)c1ccccc1Cl. The fourth-order valence-corrected chi connectivity index (χ4v) is 3.00. The van der Waals surface area contributed by atoms with Gasteiger partial charge in [-0.05, 0) is 18.9 Å². The lowest BCUT2D eigenvalue weighted by Crippen LogP contribution is -2.49. The Labute approximate surface area is 136 Å². The molecule has 2 rings (SSSR count). The largest absolute Gasteiger partial charge is 0.391 e. The van der Waals surface area contributed by atoms with Gasteiger partial charge >= 0.3 is 6.03 Å². The smallest absolute Gasteiger partial charge is 0.315 e. The highest BCUT2D eigenvalue weighted by atomic mass is 35.5. The fraction of sp³-hybridized carbons (Fsp3) is 0.562. The van der Waals surface area contributed by atoms with Gasteiger partial charge in [0, 0.05) is 24.2 Å². The van der Waals surface area contributed by atoms with Gasteiger partial charge in [0.15, 0.2) is 0 Å². The average Bonchev–Trinajstić information content (AvgIpc) is 2.52. The van der Waals surface area contributed by atoms with E-state index >= 15 is 0 Å². The van der Waals surface area contributed by atoms with Crippen molar-refractivity contribution in [3.8, 4) is 0 Å². The third-order valence-corrected chi connectivity index (χ3v) is 4.37. The molecule has 0 heterocycles. The molecule has 0 saturated heterocycles. The Morgan fingerprint density at radius 1 is 1.41 bits per heavy atom. The molecule has 6 heteroatoms. The van der Waals surface area contributed by atoms with Gasteiger partial charge in [0.1, 0.15) is 6.10 Å². The minimum absolute atomic E-state index is 0.171. The number of amides is 2. The maximum absolute atomic E-state index is 12.0. The van der Waals surface area contributed by atoms with Crippen LogP contribution < -0.4 is 10.6 Å². The Bertz CT molecular complexity index is 498. The van der Waals surface area contributed by atoms with Crippen LogP contribution in [0.25, 0.3) is 0 Å². The van der Waals surface area contributed by atoms with Crippen molar-refractivity contribution in [2.45, 2.75) is 43.9 Å². The predicted octanol–water partition coefficient (Wildman–Crippen LogP) is 2.63. The number of halogens is 1. The van der Waals surface area contributed by atoms with Crippen LogP contribution in [0.2, 0.25) is 5.02 Å². The number of hydrogen-bond donors (Lipinski definition) is 3. The lowest BCUT2D eigenvalue weighted by molar-refractivity contribution is 0.0904. The second-order valence-corrected chi connectivity index (χ2v) is 5.97. The summed E-state index contributed by atoms with van der Waals surface area (Å²) in [6, 6.07) is 6.94. The van der Waals surface area contributed by atoms with Crippen LogP contribution in [0.3, 0.4) is 0 Å². The summed E-state index contributed by atoms with van der Waals surface area (Å²) in [6.45, 7) is 0.314. The summed E-state index contributed by atoms with van der Waals surface area (Å²) in [5.41, 5.74) is 0.838. The molecule has 3 unspecified atom stereocenters. The molecular weight excluding hydrogens is 304 g/mol. The van der Waals surface area contributed by atoms with Crippen LogP contribution in [0.1, 0.15) is 37.4 Å². The van der Waals surface area contributed by atoms with E-state index in [1.54, 1.807) is 13.2 Å². The Kier molecular flexibility index (Phi) is 6.49. The molecule has 0 aliphatic heterocycles. The molecule has 122 valence electrons. The molecule has 1 fully saturated rings. The van der Waals surface area contributed by atoms with E-state index in [0.717, 1.165) is 31.2 Å². The molecule has 2 amide bonds. The van der Waals surface area contributed by atoms with Crippen LogP contribution in [0.5, 0.6) is 0 Å². The van der Waals surface area contributed by atoms with Crippen molar-refractivity contribution in [3.05, 3.63) is 34.9 Å². The zero-order valence-electron chi connectivity index (χ0n) is 12.7. The number of benzene rings is 1. The highest BCUT2D eigenvalue weighted by Crippen LogP contribution is 2.24. The summed E-state index contributed by atoms with van der Waals surface area (Å²) in [7, 11) is 1.58. The fourth-order valence-electron chi connectivity index (χ4n) is 2.74. The summed E-state index contributed by atoms with van der Waals surface area (Å²) in [6.07, 6.45) is 2.83. The van der Waals surface area contributed by atoms with Crippen molar-refractivity contribution >= 4 is 17.6 Å². The third-order valence-electron chi connectivity index (χ3n) is 4.03. The van der Waals surface area contributed by atoms with Gasteiger partial charge in [-0.15, -0.1) is 0 Å². The van der Waals surface area contributed by atoms with Gasteiger partial charge in [-0.3, -0.25) is 0 Å². The first kappa shape index (κ1) is 17.1. The molecule has 0 bridgehead atoms. The number of carbonyl (C=O) groups excluding carboxylic acids is 1. The van der Waals surface area contributed by atoms with E-state index in [0.29, 0.717) is 11.6 Å². The van der Waals surface area contributed by atoms with E-state index in [1.807, 2.05) is 18.2 Å². The number of urea groups is 1. The Morgan fingerprint density at radius 2 is 2.14 bits per heavy atom. The number of aliphatic hydroxyl groups is 1. The lowest BCUT2D eigenvalue weighted by Gasteiger charge is -2.28. The van der Waals surface area contributed by atoms with E-state index in [4.69, 9.17) is 16.3 Å². The highest BCUT2D eigenvalue weighted by Gasteiger charge is 2.24. The molecule has 1 aromatic rings.